The molecule has 3 aromatic rings. The van der Waals surface area contributed by atoms with Gasteiger partial charge >= 0.3 is 0 Å². The molecule has 0 unspecified atom stereocenters. The summed E-state index contributed by atoms with van der Waals surface area (Å²) in [6.45, 7) is 6.45. The highest BCUT2D eigenvalue weighted by atomic mass is 35.5. The van der Waals surface area contributed by atoms with Crippen LogP contribution in [0.15, 0.2) is 30.6 Å². The number of hydrogen-bond donors (Lipinski definition) is 4. The molecule has 8 heteroatoms. The first-order chi connectivity index (χ1) is 12.9. The lowest BCUT2D eigenvalue weighted by Gasteiger charge is -2.12. The van der Waals surface area contributed by atoms with Gasteiger partial charge in [-0.25, -0.2) is 9.97 Å². The third-order valence-electron chi connectivity index (χ3n) is 3.92. The molecule has 4 N–H and O–H groups in total. The van der Waals surface area contributed by atoms with E-state index in [1.807, 2.05) is 20.8 Å². The Morgan fingerprint density at radius 3 is 2.81 bits per heavy atom. The number of aromatic amines is 1. The standard InChI is InChI=1S/C19H21ClN6O/c1-4-22-14-7-11(20)5-6-12(14)16(21)15-9-24-18-17(26-15)13(8-23-18)19(27)25-10(2)3/h5-10,21-22H,4H2,1-3H3,(H,23,24)(H,25,27). The van der Waals surface area contributed by atoms with Crippen LogP contribution in [0.3, 0.4) is 0 Å². The number of nitrogens with zero attached hydrogens (tertiary/aromatic N) is 2. The molecule has 0 radical (unpaired) electrons. The fourth-order valence-electron chi connectivity index (χ4n) is 2.73. The van der Waals surface area contributed by atoms with E-state index in [0.717, 1.165) is 5.69 Å². The minimum Gasteiger partial charge on any atom is -0.385 e. The van der Waals surface area contributed by atoms with Crippen LogP contribution in [0.5, 0.6) is 0 Å². The molecule has 0 saturated heterocycles. The predicted molar refractivity (Wildman–Crippen MR) is 108 cm³/mol. The van der Waals surface area contributed by atoms with Crippen molar-refractivity contribution in [2.45, 2.75) is 26.8 Å². The van der Waals surface area contributed by atoms with Crippen LogP contribution in [-0.4, -0.2) is 39.2 Å². The van der Waals surface area contributed by atoms with Crippen LogP contribution in [0.25, 0.3) is 11.2 Å². The van der Waals surface area contributed by atoms with Crippen molar-refractivity contribution in [3.8, 4) is 0 Å². The van der Waals surface area contributed by atoms with E-state index >= 15 is 0 Å². The van der Waals surface area contributed by atoms with E-state index in [2.05, 4.69) is 25.6 Å². The lowest BCUT2D eigenvalue weighted by Crippen LogP contribution is -2.30. The first-order valence-electron chi connectivity index (χ1n) is 8.68. The van der Waals surface area contributed by atoms with E-state index in [1.165, 1.54) is 6.20 Å². The Balaban J connectivity index is 2.02. The molecule has 0 aliphatic heterocycles. The first kappa shape index (κ1) is 18.8. The molecule has 0 spiro atoms. The molecule has 7 nitrogen and oxygen atoms in total. The van der Waals surface area contributed by atoms with Crippen molar-refractivity contribution in [3.63, 3.8) is 0 Å². The fraction of sp³-hybridized carbons (Fsp3) is 0.263. The number of nitrogens with one attached hydrogen (secondary N) is 4. The van der Waals surface area contributed by atoms with Gasteiger partial charge in [0.15, 0.2) is 5.65 Å². The van der Waals surface area contributed by atoms with Crippen LogP contribution in [-0.2, 0) is 0 Å². The quantitative estimate of drug-likeness (QED) is 0.487. The van der Waals surface area contributed by atoms with Crippen molar-refractivity contribution < 1.29 is 4.79 Å². The summed E-state index contributed by atoms with van der Waals surface area (Å²) in [4.78, 5) is 24.2. The zero-order chi connectivity index (χ0) is 19.6. The monoisotopic (exact) mass is 384 g/mol. The molecule has 0 bridgehead atoms. The number of carbonyl (C=O) groups is 1. The van der Waals surface area contributed by atoms with Gasteiger partial charge in [-0.05, 0) is 39.0 Å². The molecule has 3 rings (SSSR count). The second-order valence-electron chi connectivity index (χ2n) is 6.38. The summed E-state index contributed by atoms with van der Waals surface area (Å²) in [5.74, 6) is -0.228. The van der Waals surface area contributed by atoms with Crippen LogP contribution in [0, 0.1) is 5.41 Å². The topological polar surface area (TPSA) is 107 Å². The molecule has 27 heavy (non-hydrogen) atoms. The van der Waals surface area contributed by atoms with Gasteiger partial charge in [-0.2, -0.15) is 0 Å². The van der Waals surface area contributed by atoms with Gasteiger partial charge in [-0.3, -0.25) is 10.2 Å². The van der Waals surface area contributed by atoms with Crippen molar-refractivity contribution >= 4 is 40.1 Å². The van der Waals surface area contributed by atoms with Gasteiger partial charge < -0.3 is 15.6 Å². The maximum absolute atomic E-state index is 12.4. The fourth-order valence-corrected chi connectivity index (χ4v) is 2.91. The van der Waals surface area contributed by atoms with E-state index in [-0.39, 0.29) is 17.7 Å². The molecule has 140 valence electrons. The molecular formula is C19H21ClN6O. The lowest BCUT2D eigenvalue weighted by molar-refractivity contribution is 0.0944. The molecule has 0 atom stereocenters. The summed E-state index contributed by atoms with van der Waals surface area (Å²) in [5.41, 5.74) is 3.35. The van der Waals surface area contributed by atoms with Crippen LogP contribution in [0.4, 0.5) is 5.69 Å². The average molecular weight is 385 g/mol. The van der Waals surface area contributed by atoms with E-state index in [1.54, 1.807) is 24.4 Å². The number of aromatic nitrogens is 3. The zero-order valence-electron chi connectivity index (χ0n) is 15.4. The van der Waals surface area contributed by atoms with E-state index in [9.17, 15) is 4.79 Å². The molecule has 2 aromatic heterocycles. The molecule has 0 aliphatic rings. The summed E-state index contributed by atoms with van der Waals surface area (Å²) >= 11 is 6.08. The number of carbonyl (C=O) groups excluding carboxylic acids is 1. The molecule has 1 amide bonds. The van der Waals surface area contributed by atoms with Crippen molar-refractivity contribution in [1.82, 2.24) is 20.3 Å². The summed E-state index contributed by atoms with van der Waals surface area (Å²) in [7, 11) is 0. The van der Waals surface area contributed by atoms with Gasteiger partial charge in [-0.1, -0.05) is 11.6 Å². The maximum Gasteiger partial charge on any atom is 0.255 e. The molecule has 1 aromatic carbocycles. The number of hydrogen-bond acceptors (Lipinski definition) is 5. The number of H-pyrrole nitrogens is 1. The molecule has 2 heterocycles. The van der Waals surface area contributed by atoms with E-state index in [4.69, 9.17) is 17.0 Å². The highest BCUT2D eigenvalue weighted by Gasteiger charge is 2.18. The van der Waals surface area contributed by atoms with Crippen LogP contribution >= 0.6 is 11.6 Å². The highest BCUT2D eigenvalue weighted by molar-refractivity contribution is 6.31. The molecule has 0 fully saturated rings. The molecule has 0 aliphatic carbocycles. The molecular weight excluding hydrogens is 364 g/mol. The number of amides is 1. The van der Waals surface area contributed by atoms with E-state index in [0.29, 0.717) is 39.6 Å². The number of benzene rings is 1. The van der Waals surface area contributed by atoms with Crippen LogP contribution in [0.1, 0.15) is 42.4 Å². The Hall–Kier alpha value is -2.93. The summed E-state index contributed by atoms with van der Waals surface area (Å²) in [6.07, 6.45) is 3.11. The number of fused-ring (bicyclic) bond motifs is 1. The maximum atomic E-state index is 12.4. The highest BCUT2D eigenvalue weighted by Crippen LogP contribution is 2.24. The van der Waals surface area contributed by atoms with Gasteiger partial charge in [-0.15, -0.1) is 0 Å². The van der Waals surface area contributed by atoms with Crippen molar-refractivity contribution in [3.05, 3.63) is 52.4 Å². The Bertz CT molecular complexity index is 1010. The third kappa shape index (κ3) is 3.93. The number of rotatable bonds is 6. The number of halogens is 1. The van der Waals surface area contributed by atoms with Gasteiger partial charge in [0.1, 0.15) is 11.2 Å². The van der Waals surface area contributed by atoms with Gasteiger partial charge in [0, 0.05) is 35.1 Å². The Labute approximate surface area is 162 Å². The third-order valence-corrected chi connectivity index (χ3v) is 4.15. The summed E-state index contributed by atoms with van der Waals surface area (Å²) < 4.78 is 0. The second kappa shape index (κ2) is 7.75. The Kier molecular flexibility index (Phi) is 5.41. The largest absolute Gasteiger partial charge is 0.385 e. The van der Waals surface area contributed by atoms with Crippen molar-refractivity contribution in [1.29, 1.82) is 5.41 Å². The smallest absolute Gasteiger partial charge is 0.255 e. The summed E-state index contributed by atoms with van der Waals surface area (Å²) in [6, 6.07) is 5.29. The normalized spacial score (nSPS) is 11.0. The minimum absolute atomic E-state index is 0.00799. The Morgan fingerprint density at radius 2 is 2.11 bits per heavy atom. The van der Waals surface area contributed by atoms with E-state index < -0.39 is 0 Å². The predicted octanol–water partition coefficient (Wildman–Crippen LogP) is 3.60. The summed E-state index contributed by atoms with van der Waals surface area (Å²) in [5, 5.41) is 15.2. The van der Waals surface area contributed by atoms with Gasteiger partial charge in [0.2, 0.25) is 0 Å². The lowest BCUT2D eigenvalue weighted by atomic mass is 10.1. The second-order valence-corrected chi connectivity index (χ2v) is 6.81. The van der Waals surface area contributed by atoms with Crippen molar-refractivity contribution in [2.75, 3.05) is 11.9 Å². The zero-order valence-corrected chi connectivity index (χ0v) is 16.1. The molecule has 0 saturated carbocycles. The SMILES string of the molecule is CCNc1cc(Cl)ccc1C(=N)c1cnc2[nH]cc(C(=O)NC(C)C)c2n1. The van der Waals surface area contributed by atoms with Crippen molar-refractivity contribution in [2.24, 2.45) is 0 Å². The minimum atomic E-state index is -0.228. The van der Waals surface area contributed by atoms with Crippen LogP contribution in [0.2, 0.25) is 5.02 Å². The first-order valence-corrected chi connectivity index (χ1v) is 9.06. The van der Waals surface area contributed by atoms with Crippen LogP contribution < -0.4 is 10.6 Å². The number of anilines is 1. The van der Waals surface area contributed by atoms with Gasteiger partial charge in [0.25, 0.3) is 5.91 Å². The van der Waals surface area contributed by atoms with Gasteiger partial charge in [0.05, 0.1) is 17.5 Å². The average Bonchev–Trinajstić information content (AvgIpc) is 3.04. The Morgan fingerprint density at radius 1 is 1.33 bits per heavy atom.